The van der Waals surface area contributed by atoms with Gasteiger partial charge in [0.2, 0.25) is 0 Å². The van der Waals surface area contributed by atoms with Crippen LogP contribution in [0, 0.1) is 5.41 Å². The Morgan fingerprint density at radius 2 is 2.00 bits per heavy atom. The van der Waals surface area contributed by atoms with Gasteiger partial charge >= 0.3 is 7.75 Å². The Labute approximate surface area is 96.0 Å². The van der Waals surface area contributed by atoms with Crippen LogP contribution in [0.2, 0.25) is 0 Å². The zero-order chi connectivity index (χ0) is 12.4. The van der Waals surface area contributed by atoms with Gasteiger partial charge in [0.25, 0.3) is 5.91 Å². The minimum absolute atomic E-state index is 0.176. The van der Waals surface area contributed by atoms with Crippen LogP contribution in [0.25, 0.3) is 0 Å². The smallest absolute Gasteiger partial charge is 0.291 e. The lowest BCUT2D eigenvalue weighted by Gasteiger charge is -2.37. The first-order valence-electron chi connectivity index (χ1n) is 5.18. The predicted octanol–water partition coefficient (Wildman–Crippen LogP) is 2.20. The number of rotatable bonds is 3. The number of hydrogen-bond donors (Lipinski definition) is 0. The molecular formula is C10H18NO4P. The van der Waals surface area contributed by atoms with Gasteiger partial charge in [-0.2, -0.15) is 0 Å². The zero-order valence-corrected chi connectivity index (χ0v) is 10.8. The van der Waals surface area contributed by atoms with Gasteiger partial charge in [-0.1, -0.05) is 20.4 Å². The first kappa shape index (κ1) is 13.4. The summed E-state index contributed by atoms with van der Waals surface area (Å²) in [6.07, 6.45) is 1.11. The average Bonchev–Trinajstić information content (AvgIpc) is 2.24. The van der Waals surface area contributed by atoms with Crippen LogP contribution in [0.3, 0.4) is 0 Å². The summed E-state index contributed by atoms with van der Waals surface area (Å²) >= 11 is 0. The molecule has 16 heavy (non-hydrogen) atoms. The fourth-order valence-electron chi connectivity index (χ4n) is 1.29. The van der Waals surface area contributed by atoms with Crippen LogP contribution in [0.4, 0.5) is 0 Å². The Kier molecular flexibility index (Phi) is 3.94. The van der Waals surface area contributed by atoms with Gasteiger partial charge in [-0.05, 0) is 13.0 Å². The molecule has 1 fully saturated rings. The molecule has 1 heterocycles. The summed E-state index contributed by atoms with van der Waals surface area (Å²) in [5, 5.41) is 0. The number of hydrogen-bond acceptors (Lipinski definition) is 4. The summed E-state index contributed by atoms with van der Waals surface area (Å²) in [6, 6.07) is 0. The Hall–Kier alpha value is -0.640. The maximum atomic E-state index is 12.3. The van der Waals surface area contributed by atoms with Gasteiger partial charge in [0.15, 0.2) is 0 Å². The number of carbonyl (C=O) groups excluding carboxylic acids is 1. The van der Waals surface area contributed by atoms with E-state index in [4.69, 9.17) is 9.05 Å². The molecule has 1 amide bonds. The van der Waals surface area contributed by atoms with E-state index in [1.54, 1.807) is 6.92 Å². The first-order valence-corrected chi connectivity index (χ1v) is 6.68. The lowest BCUT2D eigenvalue weighted by Crippen LogP contribution is -2.36. The van der Waals surface area contributed by atoms with Gasteiger partial charge in [-0.3, -0.25) is 13.8 Å². The van der Waals surface area contributed by atoms with Crippen molar-refractivity contribution >= 4 is 13.7 Å². The molecule has 5 nitrogen and oxygen atoms in total. The highest BCUT2D eigenvalue weighted by Gasteiger charge is 2.42. The van der Waals surface area contributed by atoms with Gasteiger partial charge in [0.05, 0.1) is 13.2 Å². The van der Waals surface area contributed by atoms with Crippen LogP contribution in [0.15, 0.2) is 12.7 Å². The average molecular weight is 247 g/mol. The first-order chi connectivity index (χ1) is 7.34. The molecule has 1 aliphatic heterocycles. The van der Waals surface area contributed by atoms with E-state index in [1.165, 1.54) is 0 Å². The van der Waals surface area contributed by atoms with Crippen molar-refractivity contribution in [1.29, 1.82) is 0 Å². The molecular weight excluding hydrogens is 229 g/mol. The molecule has 92 valence electrons. The van der Waals surface area contributed by atoms with Gasteiger partial charge in [0, 0.05) is 12.0 Å². The van der Waals surface area contributed by atoms with E-state index in [0.29, 0.717) is 13.2 Å². The summed E-state index contributed by atoms with van der Waals surface area (Å²) < 4.78 is 23.9. The monoisotopic (exact) mass is 247 g/mol. The Morgan fingerprint density at radius 1 is 1.50 bits per heavy atom. The van der Waals surface area contributed by atoms with Crippen LogP contribution in [0.1, 0.15) is 20.8 Å². The molecule has 0 aromatic heterocycles. The van der Waals surface area contributed by atoms with Crippen molar-refractivity contribution in [2.45, 2.75) is 20.8 Å². The van der Waals surface area contributed by atoms with Crippen LogP contribution < -0.4 is 0 Å². The molecule has 0 spiro atoms. The molecule has 0 atom stereocenters. The molecule has 1 rings (SSSR count). The third-order valence-electron chi connectivity index (χ3n) is 2.26. The molecule has 0 aromatic carbocycles. The largest absolute Gasteiger partial charge is 0.437 e. The van der Waals surface area contributed by atoms with E-state index in [2.05, 4.69) is 6.58 Å². The highest BCUT2D eigenvalue weighted by atomic mass is 31.2. The molecule has 0 N–H and O–H groups in total. The molecule has 0 unspecified atom stereocenters. The minimum atomic E-state index is -3.46. The van der Waals surface area contributed by atoms with Gasteiger partial charge in [-0.25, -0.2) is 9.24 Å². The summed E-state index contributed by atoms with van der Waals surface area (Å²) in [5.74, 6) is -0.439. The van der Waals surface area contributed by atoms with E-state index in [9.17, 15) is 9.36 Å². The highest BCUT2D eigenvalue weighted by Crippen LogP contribution is 2.56. The van der Waals surface area contributed by atoms with E-state index < -0.39 is 13.7 Å². The van der Waals surface area contributed by atoms with Crippen molar-refractivity contribution in [3.8, 4) is 0 Å². The number of carbonyl (C=O) groups is 1. The molecule has 1 aliphatic rings. The second kappa shape index (κ2) is 4.70. The summed E-state index contributed by atoms with van der Waals surface area (Å²) in [5.41, 5.74) is -0.176. The number of amides is 1. The Balaban J connectivity index is 2.82. The van der Waals surface area contributed by atoms with Crippen LogP contribution in [-0.4, -0.2) is 30.3 Å². The Bertz CT molecular complexity index is 326. The van der Waals surface area contributed by atoms with Crippen molar-refractivity contribution in [3.63, 3.8) is 0 Å². The lowest BCUT2D eigenvalue weighted by atomic mass is 9.97. The molecule has 1 saturated heterocycles. The summed E-state index contributed by atoms with van der Waals surface area (Å²) in [4.78, 5) is 11.5. The fourth-order valence-corrected chi connectivity index (χ4v) is 3.33. The van der Waals surface area contributed by atoms with Crippen molar-refractivity contribution in [2.75, 3.05) is 19.8 Å². The van der Waals surface area contributed by atoms with Gasteiger partial charge in [0.1, 0.15) is 0 Å². The van der Waals surface area contributed by atoms with E-state index in [0.717, 1.165) is 10.7 Å². The van der Waals surface area contributed by atoms with Crippen molar-refractivity contribution in [2.24, 2.45) is 5.41 Å². The molecule has 0 saturated carbocycles. The maximum Gasteiger partial charge on any atom is 0.437 e. The topological polar surface area (TPSA) is 55.8 Å². The summed E-state index contributed by atoms with van der Waals surface area (Å²) in [6.45, 7) is 9.86. The summed E-state index contributed by atoms with van der Waals surface area (Å²) in [7, 11) is -3.46. The number of likely N-dealkylation sites (N-methyl/N-ethyl adjacent to an activating group) is 1. The predicted molar refractivity (Wildman–Crippen MR) is 60.9 cm³/mol. The van der Waals surface area contributed by atoms with Crippen molar-refractivity contribution < 1.29 is 18.4 Å². The third kappa shape index (κ3) is 2.73. The SMILES string of the molecule is C=CC(=O)N(CC)P1(=O)OCC(C)(C)CO1. The van der Waals surface area contributed by atoms with E-state index >= 15 is 0 Å². The second-order valence-corrected chi connectivity index (χ2v) is 6.37. The van der Waals surface area contributed by atoms with Crippen molar-refractivity contribution in [1.82, 2.24) is 4.67 Å². The zero-order valence-electron chi connectivity index (χ0n) is 9.93. The van der Waals surface area contributed by atoms with Crippen LogP contribution in [-0.2, 0) is 18.4 Å². The molecule has 0 radical (unpaired) electrons. The normalized spacial score (nSPS) is 22.4. The minimum Gasteiger partial charge on any atom is -0.291 e. The Morgan fingerprint density at radius 3 is 2.38 bits per heavy atom. The second-order valence-electron chi connectivity index (χ2n) is 4.44. The molecule has 6 heteroatoms. The van der Waals surface area contributed by atoms with E-state index in [-0.39, 0.29) is 12.0 Å². The lowest BCUT2D eigenvalue weighted by molar-refractivity contribution is -0.123. The molecule has 0 bridgehead atoms. The highest BCUT2D eigenvalue weighted by molar-refractivity contribution is 7.52. The maximum absolute atomic E-state index is 12.3. The van der Waals surface area contributed by atoms with Crippen LogP contribution >= 0.6 is 7.75 Å². The number of nitrogens with zero attached hydrogens (tertiary/aromatic N) is 1. The van der Waals surface area contributed by atoms with Crippen molar-refractivity contribution in [3.05, 3.63) is 12.7 Å². The van der Waals surface area contributed by atoms with E-state index in [1.807, 2.05) is 13.8 Å². The molecule has 0 aliphatic carbocycles. The van der Waals surface area contributed by atoms with Crippen LogP contribution in [0.5, 0.6) is 0 Å². The quantitative estimate of drug-likeness (QED) is 0.566. The van der Waals surface area contributed by atoms with Gasteiger partial charge < -0.3 is 0 Å². The van der Waals surface area contributed by atoms with Gasteiger partial charge in [-0.15, -0.1) is 0 Å². The standard InChI is InChI=1S/C10H18NO4P/c1-5-9(12)11(6-2)16(13)14-7-10(3,4)8-15-16/h5H,1,6-8H2,2-4H3. The molecule has 0 aromatic rings. The third-order valence-corrected chi connectivity index (χ3v) is 4.24. The fraction of sp³-hybridized carbons (Fsp3) is 0.700.